The number of rotatable bonds is 6. The summed E-state index contributed by atoms with van der Waals surface area (Å²) in [6, 6.07) is 15.3. The van der Waals surface area contributed by atoms with Crippen molar-refractivity contribution in [3.8, 4) is 0 Å². The predicted octanol–water partition coefficient (Wildman–Crippen LogP) is 2.40. The third kappa shape index (κ3) is 3.30. The quantitative estimate of drug-likeness (QED) is 0.801. The van der Waals surface area contributed by atoms with Gasteiger partial charge in [0.1, 0.15) is 5.82 Å². The minimum Gasteiger partial charge on any atom is -0.354 e. The zero-order valence-corrected chi connectivity index (χ0v) is 13.2. The fourth-order valence-corrected chi connectivity index (χ4v) is 2.81. The van der Waals surface area contributed by atoms with E-state index in [1.165, 1.54) is 6.07 Å². The van der Waals surface area contributed by atoms with Crippen molar-refractivity contribution in [2.75, 3.05) is 13.1 Å². The van der Waals surface area contributed by atoms with Crippen molar-refractivity contribution in [3.63, 3.8) is 0 Å². The molecule has 2 N–H and O–H groups in total. The van der Waals surface area contributed by atoms with Gasteiger partial charge in [0.15, 0.2) is 0 Å². The molecule has 0 aromatic heterocycles. The van der Waals surface area contributed by atoms with Crippen LogP contribution in [0.3, 0.4) is 0 Å². The molecule has 0 saturated heterocycles. The highest BCUT2D eigenvalue weighted by molar-refractivity contribution is 5.94. The van der Waals surface area contributed by atoms with Gasteiger partial charge in [-0.2, -0.15) is 0 Å². The van der Waals surface area contributed by atoms with E-state index in [-0.39, 0.29) is 17.6 Å². The van der Waals surface area contributed by atoms with Crippen LogP contribution < -0.4 is 10.6 Å². The summed E-state index contributed by atoms with van der Waals surface area (Å²) in [6.45, 7) is 0.639. The predicted molar refractivity (Wildman–Crippen MR) is 89.1 cm³/mol. The lowest BCUT2D eigenvalue weighted by molar-refractivity contribution is -0.123. The van der Waals surface area contributed by atoms with Crippen LogP contribution in [-0.2, 0) is 10.2 Å². The molecule has 2 aromatic rings. The van der Waals surface area contributed by atoms with E-state index in [1.54, 1.807) is 42.5 Å². The molecule has 2 amide bonds. The number of amides is 2. The molecule has 0 heterocycles. The SMILES string of the molecule is O=C(NCCNC(=O)C1(c2ccccc2F)CC1)c1ccccc1. The normalized spacial score (nSPS) is 14.7. The van der Waals surface area contributed by atoms with E-state index in [9.17, 15) is 14.0 Å². The Morgan fingerprint density at radius 3 is 2.21 bits per heavy atom. The molecular weight excluding hydrogens is 307 g/mol. The third-order valence-corrected chi connectivity index (χ3v) is 4.31. The van der Waals surface area contributed by atoms with Gasteiger partial charge >= 0.3 is 0 Å². The first kappa shape index (κ1) is 16.2. The summed E-state index contributed by atoms with van der Waals surface area (Å²) >= 11 is 0. The molecule has 4 nitrogen and oxygen atoms in total. The largest absolute Gasteiger partial charge is 0.354 e. The average Bonchev–Trinajstić information content (AvgIpc) is 3.41. The number of hydrogen-bond acceptors (Lipinski definition) is 2. The number of nitrogens with one attached hydrogen (secondary N) is 2. The maximum atomic E-state index is 13.9. The maximum absolute atomic E-state index is 13.9. The highest BCUT2D eigenvalue weighted by atomic mass is 19.1. The Morgan fingerprint density at radius 2 is 1.54 bits per heavy atom. The van der Waals surface area contributed by atoms with Crippen LogP contribution in [-0.4, -0.2) is 24.9 Å². The van der Waals surface area contributed by atoms with Gasteiger partial charge in [-0.05, 0) is 31.0 Å². The molecule has 0 bridgehead atoms. The first-order valence-electron chi connectivity index (χ1n) is 8.00. The summed E-state index contributed by atoms with van der Waals surface area (Å²) in [6.07, 6.45) is 1.30. The van der Waals surface area contributed by atoms with E-state index in [2.05, 4.69) is 10.6 Å². The fourth-order valence-electron chi connectivity index (χ4n) is 2.81. The minimum atomic E-state index is -0.741. The Bertz CT molecular complexity index is 742. The third-order valence-electron chi connectivity index (χ3n) is 4.31. The summed E-state index contributed by atoms with van der Waals surface area (Å²) < 4.78 is 13.9. The maximum Gasteiger partial charge on any atom is 0.251 e. The van der Waals surface area contributed by atoms with Gasteiger partial charge in [-0.25, -0.2) is 4.39 Å². The van der Waals surface area contributed by atoms with Gasteiger partial charge in [-0.1, -0.05) is 36.4 Å². The molecule has 3 rings (SSSR count). The first-order chi connectivity index (χ1) is 11.6. The van der Waals surface area contributed by atoms with E-state index in [1.807, 2.05) is 6.07 Å². The van der Waals surface area contributed by atoms with Crippen LogP contribution in [0.5, 0.6) is 0 Å². The number of benzene rings is 2. The first-order valence-corrected chi connectivity index (χ1v) is 8.00. The lowest BCUT2D eigenvalue weighted by Crippen LogP contribution is -2.40. The Balaban J connectivity index is 1.50. The van der Waals surface area contributed by atoms with E-state index >= 15 is 0 Å². The van der Waals surface area contributed by atoms with Crippen LogP contribution in [0, 0.1) is 5.82 Å². The average molecular weight is 326 g/mol. The monoisotopic (exact) mass is 326 g/mol. The molecule has 124 valence electrons. The lowest BCUT2D eigenvalue weighted by atomic mass is 9.94. The molecule has 24 heavy (non-hydrogen) atoms. The summed E-state index contributed by atoms with van der Waals surface area (Å²) in [5.74, 6) is -0.704. The topological polar surface area (TPSA) is 58.2 Å². The van der Waals surface area contributed by atoms with Crippen molar-refractivity contribution in [1.29, 1.82) is 0 Å². The molecule has 2 aromatic carbocycles. The summed E-state index contributed by atoms with van der Waals surface area (Å²) in [5, 5.41) is 5.55. The van der Waals surface area contributed by atoms with Crippen LogP contribution in [0.15, 0.2) is 54.6 Å². The molecule has 5 heteroatoms. The molecule has 0 unspecified atom stereocenters. The Kier molecular flexibility index (Phi) is 4.60. The molecule has 1 aliphatic carbocycles. The lowest BCUT2D eigenvalue weighted by Gasteiger charge is -2.16. The molecule has 0 spiro atoms. The van der Waals surface area contributed by atoms with Gasteiger partial charge in [0.25, 0.3) is 5.91 Å². The van der Waals surface area contributed by atoms with Crippen molar-refractivity contribution >= 4 is 11.8 Å². The Hall–Kier alpha value is -2.69. The van der Waals surface area contributed by atoms with Crippen LogP contribution in [0.1, 0.15) is 28.8 Å². The number of halogens is 1. The van der Waals surface area contributed by atoms with Crippen LogP contribution in [0.4, 0.5) is 4.39 Å². The molecule has 0 aliphatic heterocycles. The summed E-state index contributed by atoms with van der Waals surface area (Å²) in [7, 11) is 0. The van der Waals surface area contributed by atoms with E-state index in [0.29, 0.717) is 37.1 Å². The van der Waals surface area contributed by atoms with Crippen LogP contribution >= 0.6 is 0 Å². The standard InChI is InChI=1S/C19H19FN2O2/c20-16-9-5-4-8-15(16)19(10-11-19)18(24)22-13-12-21-17(23)14-6-2-1-3-7-14/h1-9H,10-13H2,(H,21,23)(H,22,24). The van der Waals surface area contributed by atoms with Crippen molar-refractivity contribution < 1.29 is 14.0 Å². The highest BCUT2D eigenvalue weighted by Gasteiger charge is 2.52. The molecule has 1 saturated carbocycles. The van der Waals surface area contributed by atoms with Gasteiger partial charge < -0.3 is 10.6 Å². The smallest absolute Gasteiger partial charge is 0.251 e. The molecule has 0 radical (unpaired) electrons. The molecule has 0 atom stereocenters. The zero-order chi connectivity index (χ0) is 17.0. The Labute approximate surface area is 140 Å². The second kappa shape index (κ2) is 6.83. The van der Waals surface area contributed by atoms with E-state index in [4.69, 9.17) is 0 Å². The molecular formula is C19H19FN2O2. The van der Waals surface area contributed by atoms with Crippen LogP contribution in [0.2, 0.25) is 0 Å². The second-order valence-corrected chi connectivity index (χ2v) is 5.94. The van der Waals surface area contributed by atoms with Crippen molar-refractivity contribution in [3.05, 3.63) is 71.5 Å². The van der Waals surface area contributed by atoms with Crippen LogP contribution in [0.25, 0.3) is 0 Å². The van der Waals surface area contributed by atoms with E-state index in [0.717, 1.165) is 0 Å². The van der Waals surface area contributed by atoms with E-state index < -0.39 is 5.41 Å². The van der Waals surface area contributed by atoms with Gasteiger partial charge in [0, 0.05) is 24.2 Å². The number of carbonyl (C=O) groups excluding carboxylic acids is 2. The molecule has 1 aliphatic rings. The highest BCUT2D eigenvalue weighted by Crippen LogP contribution is 2.49. The zero-order valence-electron chi connectivity index (χ0n) is 13.2. The molecule has 1 fully saturated rings. The Morgan fingerprint density at radius 1 is 0.917 bits per heavy atom. The summed E-state index contributed by atoms with van der Waals surface area (Å²) in [5.41, 5.74) is 0.291. The second-order valence-electron chi connectivity index (χ2n) is 5.94. The van der Waals surface area contributed by atoms with Gasteiger partial charge in [-0.3, -0.25) is 9.59 Å². The van der Waals surface area contributed by atoms with Gasteiger partial charge in [0.2, 0.25) is 5.91 Å². The van der Waals surface area contributed by atoms with Crippen molar-refractivity contribution in [1.82, 2.24) is 10.6 Å². The van der Waals surface area contributed by atoms with Gasteiger partial charge in [-0.15, -0.1) is 0 Å². The van der Waals surface area contributed by atoms with Crippen molar-refractivity contribution in [2.24, 2.45) is 0 Å². The number of hydrogen-bond donors (Lipinski definition) is 2. The van der Waals surface area contributed by atoms with Gasteiger partial charge in [0.05, 0.1) is 5.41 Å². The number of carbonyl (C=O) groups is 2. The van der Waals surface area contributed by atoms with Crippen molar-refractivity contribution in [2.45, 2.75) is 18.3 Å². The summed E-state index contributed by atoms with van der Waals surface area (Å²) in [4.78, 5) is 24.3. The minimum absolute atomic E-state index is 0.179. The fraction of sp³-hybridized carbons (Fsp3) is 0.263.